The van der Waals surface area contributed by atoms with Crippen molar-refractivity contribution in [1.82, 2.24) is 0 Å². The molecule has 0 heterocycles. The summed E-state index contributed by atoms with van der Waals surface area (Å²) in [4.78, 5) is 10.9. The average molecular weight is 158 g/mol. The lowest BCUT2D eigenvalue weighted by molar-refractivity contribution is -0.146. The van der Waals surface area contributed by atoms with Gasteiger partial charge in [-0.2, -0.15) is 0 Å². The van der Waals surface area contributed by atoms with E-state index in [0.717, 1.165) is 0 Å². The van der Waals surface area contributed by atoms with Crippen molar-refractivity contribution < 1.29 is 14.6 Å². The second-order valence-electron chi connectivity index (χ2n) is 2.32. The molecule has 0 aliphatic heterocycles. The Morgan fingerprint density at radius 3 is 2.45 bits per heavy atom. The van der Waals surface area contributed by atoms with Crippen LogP contribution in [0.4, 0.5) is 0 Å². The number of methoxy groups -OCH3 is 1. The van der Waals surface area contributed by atoms with E-state index in [9.17, 15) is 4.79 Å². The molecular weight excluding hydrogens is 144 g/mol. The Labute approximate surface area is 66.7 Å². The van der Waals surface area contributed by atoms with Gasteiger partial charge in [-0.1, -0.05) is 12.2 Å². The molecule has 0 amide bonds. The monoisotopic (exact) mass is 158 g/mol. The lowest BCUT2D eigenvalue weighted by Gasteiger charge is -2.12. The quantitative estimate of drug-likeness (QED) is 0.486. The number of esters is 1. The fraction of sp³-hybridized carbons (Fsp3) is 0.625. The second kappa shape index (κ2) is 4.91. The van der Waals surface area contributed by atoms with Crippen LogP contribution < -0.4 is 0 Å². The SMILES string of the molecule is C/C=C/C(C(=O)OC)C(C)O. The molecular formula is C8H14O3. The first-order chi connectivity index (χ1) is 5.13. The van der Waals surface area contributed by atoms with Gasteiger partial charge in [0.25, 0.3) is 0 Å². The summed E-state index contributed by atoms with van der Waals surface area (Å²) in [6.45, 7) is 3.35. The molecule has 0 aliphatic rings. The Morgan fingerprint density at radius 1 is 1.64 bits per heavy atom. The maximum atomic E-state index is 10.9. The number of allylic oxidation sites excluding steroid dienone is 1. The number of aliphatic hydroxyl groups is 1. The first kappa shape index (κ1) is 10.2. The highest BCUT2D eigenvalue weighted by Gasteiger charge is 2.20. The maximum Gasteiger partial charge on any atom is 0.315 e. The van der Waals surface area contributed by atoms with Crippen molar-refractivity contribution in [2.24, 2.45) is 5.92 Å². The van der Waals surface area contributed by atoms with Crippen LogP contribution in [0.3, 0.4) is 0 Å². The van der Waals surface area contributed by atoms with Gasteiger partial charge in [-0.25, -0.2) is 0 Å². The summed E-state index contributed by atoms with van der Waals surface area (Å²) in [5, 5.41) is 9.09. The zero-order valence-corrected chi connectivity index (χ0v) is 7.07. The van der Waals surface area contributed by atoms with Gasteiger partial charge in [0.2, 0.25) is 0 Å². The van der Waals surface area contributed by atoms with Crippen LogP contribution in [0.25, 0.3) is 0 Å². The van der Waals surface area contributed by atoms with E-state index in [2.05, 4.69) is 4.74 Å². The number of ether oxygens (including phenoxy) is 1. The average Bonchev–Trinajstić information content (AvgIpc) is 1.98. The molecule has 0 spiro atoms. The molecule has 0 aromatic carbocycles. The van der Waals surface area contributed by atoms with Crippen LogP contribution in [-0.2, 0) is 9.53 Å². The molecule has 0 saturated carbocycles. The molecule has 0 aromatic rings. The number of carbonyl (C=O) groups excluding carboxylic acids is 1. The summed E-state index contributed by atoms with van der Waals surface area (Å²) < 4.78 is 4.48. The number of hydrogen-bond donors (Lipinski definition) is 1. The normalized spacial score (nSPS) is 16.4. The van der Waals surface area contributed by atoms with Crippen LogP contribution in [0, 0.1) is 5.92 Å². The van der Waals surface area contributed by atoms with Crippen molar-refractivity contribution in [2.75, 3.05) is 7.11 Å². The molecule has 3 heteroatoms. The zero-order valence-electron chi connectivity index (χ0n) is 7.07. The predicted octanol–water partition coefficient (Wildman–Crippen LogP) is 0.732. The minimum Gasteiger partial charge on any atom is -0.468 e. The molecule has 0 saturated heterocycles. The molecule has 3 nitrogen and oxygen atoms in total. The lowest BCUT2D eigenvalue weighted by Crippen LogP contribution is -2.24. The van der Waals surface area contributed by atoms with E-state index in [1.165, 1.54) is 7.11 Å². The number of rotatable bonds is 3. The summed E-state index contributed by atoms with van der Waals surface area (Å²) in [5.41, 5.74) is 0. The van der Waals surface area contributed by atoms with Crippen molar-refractivity contribution in [3.63, 3.8) is 0 Å². The molecule has 0 rings (SSSR count). The minimum atomic E-state index is -0.696. The van der Waals surface area contributed by atoms with Crippen LogP contribution in [0.2, 0.25) is 0 Å². The summed E-state index contributed by atoms with van der Waals surface area (Å²) in [7, 11) is 1.31. The fourth-order valence-corrected chi connectivity index (χ4v) is 0.780. The Morgan fingerprint density at radius 2 is 2.18 bits per heavy atom. The van der Waals surface area contributed by atoms with Gasteiger partial charge < -0.3 is 9.84 Å². The van der Waals surface area contributed by atoms with Crippen molar-refractivity contribution >= 4 is 5.97 Å². The highest BCUT2D eigenvalue weighted by atomic mass is 16.5. The summed E-state index contributed by atoms with van der Waals surface area (Å²) in [6.07, 6.45) is 2.64. The standard InChI is InChI=1S/C8H14O3/c1-4-5-7(6(2)9)8(10)11-3/h4-7,9H,1-3H3/b5-4+. The Bertz CT molecular complexity index is 149. The molecule has 0 radical (unpaired) electrons. The first-order valence-corrected chi connectivity index (χ1v) is 3.52. The van der Waals surface area contributed by atoms with Crippen LogP contribution in [0.1, 0.15) is 13.8 Å². The van der Waals surface area contributed by atoms with Crippen molar-refractivity contribution in [1.29, 1.82) is 0 Å². The number of aliphatic hydroxyl groups excluding tert-OH is 1. The van der Waals surface area contributed by atoms with Gasteiger partial charge in [-0.05, 0) is 13.8 Å². The van der Waals surface area contributed by atoms with Crippen molar-refractivity contribution in [3.05, 3.63) is 12.2 Å². The third kappa shape index (κ3) is 3.18. The third-order valence-electron chi connectivity index (χ3n) is 1.39. The van der Waals surface area contributed by atoms with Crippen LogP contribution in [0.5, 0.6) is 0 Å². The Balaban J connectivity index is 4.21. The first-order valence-electron chi connectivity index (χ1n) is 3.52. The molecule has 0 aliphatic carbocycles. The second-order valence-corrected chi connectivity index (χ2v) is 2.32. The van der Waals surface area contributed by atoms with Gasteiger partial charge in [0, 0.05) is 0 Å². The Kier molecular flexibility index (Phi) is 4.54. The van der Waals surface area contributed by atoms with Gasteiger partial charge in [-0.3, -0.25) is 4.79 Å². The summed E-state index contributed by atoms with van der Waals surface area (Å²) in [6, 6.07) is 0. The van der Waals surface area contributed by atoms with Gasteiger partial charge in [0.05, 0.1) is 13.2 Å². The minimum absolute atomic E-state index is 0.405. The highest BCUT2D eigenvalue weighted by molar-refractivity contribution is 5.74. The van der Waals surface area contributed by atoms with E-state index in [1.54, 1.807) is 26.0 Å². The van der Waals surface area contributed by atoms with Crippen LogP contribution >= 0.6 is 0 Å². The molecule has 64 valence electrons. The molecule has 0 aromatic heterocycles. The molecule has 2 atom stereocenters. The van der Waals surface area contributed by atoms with E-state index in [0.29, 0.717) is 0 Å². The lowest BCUT2D eigenvalue weighted by atomic mass is 10.0. The topological polar surface area (TPSA) is 46.5 Å². The van der Waals surface area contributed by atoms with Gasteiger partial charge >= 0.3 is 5.97 Å². The zero-order chi connectivity index (χ0) is 8.85. The predicted molar refractivity (Wildman–Crippen MR) is 42.0 cm³/mol. The molecule has 0 fully saturated rings. The third-order valence-corrected chi connectivity index (χ3v) is 1.39. The van der Waals surface area contributed by atoms with E-state index in [-0.39, 0.29) is 0 Å². The number of hydrogen-bond acceptors (Lipinski definition) is 3. The van der Waals surface area contributed by atoms with Crippen LogP contribution in [0.15, 0.2) is 12.2 Å². The van der Waals surface area contributed by atoms with E-state index >= 15 is 0 Å². The number of carbonyl (C=O) groups is 1. The summed E-state index contributed by atoms with van der Waals surface area (Å²) in [5.74, 6) is -0.942. The molecule has 1 N–H and O–H groups in total. The van der Waals surface area contributed by atoms with Gasteiger partial charge in [0.15, 0.2) is 0 Å². The van der Waals surface area contributed by atoms with E-state index in [1.807, 2.05) is 0 Å². The van der Waals surface area contributed by atoms with Gasteiger partial charge in [-0.15, -0.1) is 0 Å². The largest absolute Gasteiger partial charge is 0.468 e. The van der Waals surface area contributed by atoms with Crippen LogP contribution in [-0.4, -0.2) is 24.3 Å². The fourth-order valence-electron chi connectivity index (χ4n) is 0.780. The smallest absolute Gasteiger partial charge is 0.315 e. The maximum absolute atomic E-state index is 10.9. The molecule has 11 heavy (non-hydrogen) atoms. The Hall–Kier alpha value is -0.830. The van der Waals surface area contributed by atoms with Crippen molar-refractivity contribution in [3.8, 4) is 0 Å². The van der Waals surface area contributed by atoms with E-state index < -0.39 is 18.0 Å². The summed E-state index contributed by atoms with van der Waals surface area (Å²) >= 11 is 0. The highest BCUT2D eigenvalue weighted by Crippen LogP contribution is 2.07. The molecule has 2 unspecified atom stereocenters. The van der Waals surface area contributed by atoms with Gasteiger partial charge in [0.1, 0.15) is 5.92 Å². The molecule has 0 bridgehead atoms. The van der Waals surface area contributed by atoms with E-state index in [4.69, 9.17) is 5.11 Å². The van der Waals surface area contributed by atoms with Crippen molar-refractivity contribution in [2.45, 2.75) is 20.0 Å².